The van der Waals surface area contributed by atoms with Crippen molar-refractivity contribution in [1.82, 2.24) is 0 Å². The van der Waals surface area contributed by atoms with E-state index >= 15 is 0 Å². The van der Waals surface area contributed by atoms with E-state index in [1.807, 2.05) is 0 Å². The number of halogens is 2. The largest absolute Gasteiger partial charge is 0.495 e. The van der Waals surface area contributed by atoms with Crippen LogP contribution in [0.4, 0.5) is 25.8 Å². The lowest BCUT2D eigenvalue weighted by molar-refractivity contribution is 0.416. The average Bonchev–Trinajstić information content (AvgIpc) is 2.36. The van der Waals surface area contributed by atoms with Crippen LogP contribution in [0, 0.1) is 18.6 Å². The lowest BCUT2D eigenvalue weighted by Gasteiger charge is -2.13. The maximum absolute atomic E-state index is 13.8. The van der Waals surface area contributed by atoms with Crippen LogP contribution in [0.15, 0.2) is 30.3 Å². The predicted molar refractivity (Wildman–Crippen MR) is 71.8 cm³/mol. The number of methoxy groups -OCH3 is 1. The van der Waals surface area contributed by atoms with Crippen molar-refractivity contribution in [2.24, 2.45) is 0 Å². The molecule has 0 amide bonds. The van der Waals surface area contributed by atoms with Crippen molar-refractivity contribution in [3.05, 3.63) is 47.5 Å². The van der Waals surface area contributed by atoms with Gasteiger partial charge >= 0.3 is 0 Å². The minimum Gasteiger partial charge on any atom is -0.495 e. The summed E-state index contributed by atoms with van der Waals surface area (Å²) in [5, 5.41) is 2.73. The van der Waals surface area contributed by atoms with E-state index in [4.69, 9.17) is 10.5 Å². The van der Waals surface area contributed by atoms with Crippen LogP contribution in [0.25, 0.3) is 0 Å². The van der Waals surface area contributed by atoms with Gasteiger partial charge in [-0.3, -0.25) is 0 Å². The zero-order chi connectivity index (χ0) is 14.0. The summed E-state index contributed by atoms with van der Waals surface area (Å²) < 4.78 is 32.5. The molecule has 3 N–H and O–H groups in total. The Labute approximate surface area is 110 Å². The molecular formula is C14H14F2N2O. The molecule has 2 aromatic carbocycles. The Morgan fingerprint density at radius 1 is 1.16 bits per heavy atom. The first kappa shape index (κ1) is 13.1. The van der Waals surface area contributed by atoms with Gasteiger partial charge in [-0.05, 0) is 18.6 Å². The molecule has 0 radical (unpaired) electrons. The van der Waals surface area contributed by atoms with Crippen LogP contribution in [0.2, 0.25) is 0 Å². The van der Waals surface area contributed by atoms with Crippen molar-refractivity contribution in [2.45, 2.75) is 6.92 Å². The third kappa shape index (κ3) is 2.59. The molecule has 0 atom stereocenters. The topological polar surface area (TPSA) is 47.3 Å². The van der Waals surface area contributed by atoms with Gasteiger partial charge in [0.2, 0.25) is 0 Å². The number of hydrogen-bond donors (Lipinski definition) is 2. The fourth-order valence-corrected chi connectivity index (χ4v) is 1.77. The summed E-state index contributed by atoms with van der Waals surface area (Å²) in [6, 6.07) is 7.17. The molecule has 2 aromatic rings. The van der Waals surface area contributed by atoms with Crippen LogP contribution in [0.3, 0.4) is 0 Å². The van der Waals surface area contributed by atoms with E-state index in [2.05, 4.69) is 5.32 Å². The average molecular weight is 264 g/mol. The van der Waals surface area contributed by atoms with Crippen molar-refractivity contribution < 1.29 is 13.5 Å². The summed E-state index contributed by atoms with van der Waals surface area (Å²) in [6.45, 7) is 1.73. The van der Waals surface area contributed by atoms with Gasteiger partial charge in [-0.2, -0.15) is 0 Å². The fourth-order valence-electron chi connectivity index (χ4n) is 1.77. The number of nitrogen functional groups attached to an aromatic ring is 1. The van der Waals surface area contributed by atoms with Gasteiger partial charge in [0.15, 0.2) is 0 Å². The smallest absolute Gasteiger partial charge is 0.148 e. The SMILES string of the molecule is COc1cc(Nc2c(C)cccc2F)c(F)cc1N. The first-order chi connectivity index (χ1) is 9.02. The fraction of sp³-hybridized carbons (Fsp3) is 0.143. The van der Waals surface area contributed by atoms with Crippen LogP contribution in [0.5, 0.6) is 5.75 Å². The van der Waals surface area contributed by atoms with Crippen molar-refractivity contribution in [1.29, 1.82) is 0 Å². The Morgan fingerprint density at radius 2 is 1.89 bits per heavy atom. The van der Waals surface area contributed by atoms with Crippen LogP contribution >= 0.6 is 0 Å². The monoisotopic (exact) mass is 264 g/mol. The van der Waals surface area contributed by atoms with E-state index in [0.717, 1.165) is 6.07 Å². The molecular weight excluding hydrogens is 250 g/mol. The van der Waals surface area contributed by atoms with Crippen molar-refractivity contribution in [2.75, 3.05) is 18.2 Å². The Kier molecular flexibility index (Phi) is 3.55. The number of nitrogens with one attached hydrogen (secondary N) is 1. The van der Waals surface area contributed by atoms with E-state index in [9.17, 15) is 8.78 Å². The first-order valence-electron chi connectivity index (χ1n) is 5.68. The van der Waals surface area contributed by atoms with Gasteiger partial charge in [0.1, 0.15) is 17.4 Å². The summed E-state index contributed by atoms with van der Waals surface area (Å²) in [7, 11) is 1.43. The highest BCUT2D eigenvalue weighted by Gasteiger charge is 2.12. The number of benzene rings is 2. The van der Waals surface area contributed by atoms with E-state index < -0.39 is 11.6 Å². The van der Waals surface area contributed by atoms with Gasteiger partial charge in [-0.15, -0.1) is 0 Å². The maximum Gasteiger partial charge on any atom is 0.148 e. The summed E-state index contributed by atoms with van der Waals surface area (Å²) in [5.74, 6) is -0.686. The first-order valence-corrected chi connectivity index (χ1v) is 5.68. The van der Waals surface area contributed by atoms with Crippen LogP contribution < -0.4 is 15.8 Å². The Hall–Kier alpha value is -2.30. The van der Waals surface area contributed by atoms with Gasteiger partial charge in [-0.1, -0.05) is 12.1 Å². The van der Waals surface area contributed by atoms with Crippen LogP contribution in [-0.4, -0.2) is 7.11 Å². The van der Waals surface area contributed by atoms with Gasteiger partial charge in [0, 0.05) is 12.1 Å². The predicted octanol–water partition coefficient (Wildman–Crippen LogP) is 3.61. The van der Waals surface area contributed by atoms with Crippen molar-refractivity contribution >= 4 is 17.1 Å². The number of rotatable bonds is 3. The Balaban J connectivity index is 2.44. The molecule has 0 saturated carbocycles. The van der Waals surface area contributed by atoms with Crippen molar-refractivity contribution in [3.8, 4) is 5.75 Å². The molecule has 0 aromatic heterocycles. The van der Waals surface area contributed by atoms with Gasteiger partial charge in [0.25, 0.3) is 0 Å². The molecule has 0 fully saturated rings. The zero-order valence-electron chi connectivity index (χ0n) is 10.6. The van der Waals surface area contributed by atoms with E-state index in [0.29, 0.717) is 11.3 Å². The second-order valence-electron chi connectivity index (χ2n) is 4.13. The van der Waals surface area contributed by atoms with Gasteiger partial charge in [0.05, 0.1) is 24.2 Å². The van der Waals surface area contributed by atoms with E-state index in [1.165, 1.54) is 19.2 Å². The molecule has 0 aliphatic rings. The number of anilines is 3. The zero-order valence-corrected chi connectivity index (χ0v) is 10.6. The standard InChI is InChI=1S/C14H14F2N2O/c1-8-4-3-5-9(15)14(8)18-12-7-13(19-2)11(17)6-10(12)16/h3-7,18H,17H2,1-2H3. The summed E-state index contributed by atoms with van der Waals surface area (Å²) >= 11 is 0. The molecule has 0 saturated heterocycles. The molecule has 0 unspecified atom stereocenters. The maximum atomic E-state index is 13.8. The summed E-state index contributed by atoms with van der Waals surface area (Å²) in [5.41, 5.74) is 6.79. The quantitative estimate of drug-likeness (QED) is 0.832. The third-order valence-corrected chi connectivity index (χ3v) is 2.80. The minimum atomic E-state index is -0.569. The minimum absolute atomic E-state index is 0.110. The van der Waals surface area contributed by atoms with Crippen LogP contribution in [0.1, 0.15) is 5.56 Å². The van der Waals surface area contributed by atoms with E-state index in [1.54, 1.807) is 19.1 Å². The summed E-state index contributed by atoms with van der Waals surface area (Å²) in [4.78, 5) is 0. The third-order valence-electron chi connectivity index (χ3n) is 2.80. The van der Waals surface area contributed by atoms with E-state index in [-0.39, 0.29) is 17.1 Å². The number of para-hydroxylation sites is 1. The summed E-state index contributed by atoms with van der Waals surface area (Å²) in [6.07, 6.45) is 0. The van der Waals surface area contributed by atoms with Crippen LogP contribution in [-0.2, 0) is 0 Å². The lowest BCUT2D eigenvalue weighted by atomic mass is 10.1. The number of ether oxygens (including phenoxy) is 1. The highest BCUT2D eigenvalue weighted by molar-refractivity contribution is 5.69. The molecule has 5 heteroatoms. The number of hydrogen-bond acceptors (Lipinski definition) is 3. The highest BCUT2D eigenvalue weighted by atomic mass is 19.1. The molecule has 19 heavy (non-hydrogen) atoms. The van der Waals surface area contributed by atoms with Crippen molar-refractivity contribution in [3.63, 3.8) is 0 Å². The molecule has 0 aliphatic heterocycles. The molecule has 100 valence electrons. The molecule has 0 spiro atoms. The normalized spacial score (nSPS) is 10.3. The molecule has 3 nitrogen and oxygen atoms in total. The van der Waals surface area contributed by atoms with Gasteiger partial charge < -0.3 is 15.8 Å². The second-order valence-corrected chi connectivity index (χ2v) is 4.13. The molecule has 2 rings (SSSR count). The molecule has 0 heterocycles. The van der Waals surface area contributed by atoms with Gasteiger partial charge in [-0.25, -0.2) is 8.78 Å². The number of aryl methyl sites for hydroxylation is 1. The highest BCUT2D eigenvalue weighted by Crippen LogP contribution is 2.31. The second kappa shape index (κ2) is 5.14. The Bertz CT molecular complexity index is 594. The Morgan fingerprint density at radius 3 is 2.53 bits per heavy atom. The molecule has 0 bridgehead atoms. The lowest BCUT2D eigenvalue weighted by Crippen LogP contribution is -2.01. The molecule has 0 aliphatic carbocycles. The number of nitrogens with two attached hydrogens (primary N) is 1.